The third-order valence-electron chi connectivity index (χ3n) is 3.51. The van der Waals surface area contributed by atoms with E-state index in [2.05, 4.69) is 32.9 Å². The lowest BCUT2D eigenvalue weighted by atomic mass is 9.85. The highest BCUT2D eigenvalue weighted by Gasteiger charge is 2.14. The number of carbonyl (C=O) groups excluding carboxylic acids is 1. The molecular formula is C19H21ClO. The van der Waals surface area contributed by atoms with Crippen molar-refractivity contribution in [3.63, 3.8) is 0 Å². The summed E-state index contributed by atoms with van der Waals surface area (Å²) in [5.74, 6) is 0.225. The Kier molecular flexibility index (Phi) is 4.84. The van der Waals surface area contributed by atoms with Gasteiger partial charge in [0.15, 0.2) is 0 Å². The van der Waals surface area contributed by atoms with Crippen LogP contribution in [-0.4, -0.2) is 5.78 Å². The van der Waals surface area contributed by atoms with Crippen LogP contribution in [0.2, 0.25) is 5.02 Å². The minimum atomic E-state index is 0.106. The molecule has 0 aliphatic heterocycles. The molecule has 0 spiro atoms. The highest BCUT2D eigenvalue weighted by molar-refractivity contribution is 6.30. The first kappa shape index (κ1) is 15.8. The molecular weight excluding hydrogens is 280 g/mol. The lowest BCUT2D eigenvalue weighted by Crippen LogP contribution is -2.12. The largest absolute Gasteiger partial charge is 0.299 e. The van der Waals surface area contributed by atoms with Gasteiger partial charge in [-0.25, -0.2) is 0 Å². The normalized spacial score (nSPS) is 11.4. The molecule has 2 aromatic carbocycles. The van der Waals surface area contributed by atoms with Crippen LogP contribution in [0.5, 0.6) is 0 Å². The summed E-state index contributed by atoms with van der Waals surface area (Å²) in [5, 5.41) is 0.698. The number of carbonyl (C=O) groups is 1. The Bertz CT molecular complexity index is 621. The zero-order valence-corrected chi connectivity index (χ0v) is 13.6. The molecule has 0 aliphatic carbocycles. The SMILES string of the molecule is CC(C)(C)c1cccc(CC(=O)Cc2ccc(Cl)cc2)c1. The number of benzene rings is 2. The molecule has 0 bridgehead atoms. The number of hydrogen-bond donors (Lipinski definition) is 0. The molecule has 1 nitrogen and oxygen atoms in total. The van der Waals surface area contributed by atoms with Crippen LogP contribution in [0, 0.1) is 0 Å². The molecule has 0 saturated heterocycles. The van der Waals surface area contributed by atoms with Crippen LogP contribution in [0.4, 0.5) is 0 Å². The van der Waals surface area contributed by atoms with E-state index in [1.54, 1.807) is 0 Å². The molecule has 0 saturated carbocycles. The summed E-state index contributed by atoms with van der Waals surface area (Å²) in [6.07, 6.45) is 0.934. The van der Waals surface area contributed by atoms with Crippen LogP contribution in [0.1, 0.15) is 37.5 Å². The molecule has 0 radical (unpaired) electrons. The molecule has 0 aliphatic rings. The molecule has 0 atom stereocenters. The average Bonchev–Trinajstić information content (AvgIpc) is 2.41. The van der Waals surface area contributed by atoms with Gasteiger partial charge in [-0.3, -0.25) is 4.79 Å². The third kappa shape index (κ3) is 4.71. The summed E-state index contributed by atoms with van der Waals surface area (Å²) in [6, 6.07) is 15.8. The molecule has 0 aromatic heterocycles. The molecule has 2 aromatic rings. The zero-order valence-electron chi connectivity index (χ0n) is 12.8. The van der Waals surface area contributed by atoms with Crippen molar-refractivity contribution in [2.75, 3.05) is 0 Å². The second-order valence-electron chi connectivity index (χ2n) is 6.47. The summed E-state index contributed by atoms with van der Waals surface area (Å²) in [5.41, 5.74) is 3.46. The maximum atomic E-state index is 12.2. The number of Topliss-reactive ketones (excluding diaryl/α,β-unsaturated/α-hetero) is 1. The van der Waals surface area contributed by atoms with Crippen LogP contribution >= 0.6 is 11.6 Å². The molecule has 2 rings (SSSR count). The number of ketones is 1. The van der Waals surface area contributed by atoms with Crippen LogP contribution in [0.3, 0.4) is 0 Å². The third-order valence-corrected chi connectivity index (χ3v) is 3.76. The van der Waals surface area contributed by atoms with Gasteiger partial charge in [0.05, 0.1) is 0 Å². The Morgan fingerprint density at radius 1 is 0.952 bits per heavy atom. The van der Waals surface area contributed by atoms with Gasteiger partial charge >= 0.3 is 0 Å². The standard InChI is InChI=1S/C19H21ClO/c1-19(2,3)16-6-4-5-15(11-16)13-18(21)12-14-7-9-17(20)10-8-14/h4-11H,12-13H2,1-3H3. The smallest absolute Gasteiger partial charge is 0.141 e. The van der Waals surface area contributed by atoms with E-state index >= 15 is 0 Å². The summed E-state index contributed by atoms with van der Waals surface area (Å²) < 4.78 is 0. The van der Waals surface area contributed by atoms with Gasteiger partial charge in [0, 0.05) is 17.9 Å². The van der Waals surface area contributed by atoms with Crippen molar-refractivity contribution in [2.45, 2.75) is 39.0 Å². The highest BCUT2D eigenvalue weighted by Crippen LogP contribution is 2.23. The van der Waals surface area contributed by atoms with Crippen molar-refractivity contribution in [1.29, 1.82) is 0 Å². The van der Waals surface area contributed by atoms with Gasteiger partial charge < -0.3 is 0 Å². The Hall–Kier alpha value is -1.60. The van der Waals surface area contributed by atoms with Crippen molar-refractivity contribution in [3.8, 4) is 0 Å². The van der Waals surface area contributed by atoms with E-state index in [0.29, 0.717) is 17.9 Å². The number of halogens is 1. The van der Waals surface area contributed by atoms with Crippen LogP contribution in [0.25, 0.3) is 0 Å². The van der Waals surface area contributed by atoms with Gasteiger partial charge in [-0.2, -0.15) is 0 Å². The van der Waals surface area contributed by atoms with E-state index < -0.39 is 0 Å². The maximum Gasteiger partial charge on any atom is 0.141 e. The first-order valence-corrected chi connectivity index (χ1v) is 7.58. The van der Waals surface area contributed by atoms with Crippen LogP contribution < -0.4 is 0 Å². The van der Waals surface area contributed by atoms with Crippen molar-refractivity contribution in [1.82, 2.24) is 0 Å². The first-order chi connectivity index (χ1) is 9.84. The Morgan fingerprint density at radius 3 is 2.19 bits per heavy atom. The monoisotopic (exact) mass is 300 g/mol. The average molecular weight is 301 g/mol. The van der Waals surface area contributed by atoms with Gasteiger partial charge in [0.25, 0.3) is 0 Å². The lowest BCUT2D eigenvalue weighted by Gasteiger charge is -2.19. The molecule has 0 amide bonds. The fourth-order valence-corrected chi connectivity index (χ4v) is 2.39. The molecule has 0 heterocycles. The second kappa shape index (κ2) is 6.44. The van der Waals surface area contributed by atoms with Crippen molar-refractivity contribution in [3.05, 3.63) is 70.2 Å². The van der Waals surface area contributed by atoms with Crippen LogP contribution in [-0.2, 0) is 23.1 Å². The zero-order chi connectivity index (χ0) is 15.5. The predicted octanol–water partition coefficient (Wildman–Crippen LogP) is 4.99. The van der Waals surface area contributed by atoms with E-state index in [4.69, 9.17) is 11.6 Å². The van der Waals surface area contributed by atoms with Gasteiger partial charge in [0.1, 0.15) is 5.78 Å². The summed E-state index contributed by atoms with van der Waals surface area (Å²) in [6.45, 7) is 6.55. The Morgan fingerprint density at radius 2 is 1.57 bits per heavy atom. The van der Waals surface area contributed by atoms with E-state index in [0.717, 1.165) is 11.1 Å². The Balaban J connectivity index is 2.04. The van der Waals surface area contributed by atoms with Crippen molar-refractivity contribution in [2.24, 2.45) is 0 Å². The van der Waals surface area contributed by atoms with E-state index in [9.17, 15) is 4.79 Å². The second-order valence-corrected chi connectivity index (χ2v) is 6.91. The fourth-order valence-electron chi connectivity index (χ4n) is 2.27. The van der Waals surface area contributed by atoms with Crippen LogP contribution in [0.15, 0.2) is 48.5 Å². The molecule has 110 valence electrons. The molecule has 0 fully saturated rings. The lowest BCUT2D eigenvalue weighted by molar-refractivity contribution is -0.117. The van der Waals surface area contributed by atoms with Gasteiger partial charge in [-0.1, -0.05) is 68.8 Å². The Labute approximate surface area is 132 Å². The minimum Gasteiger partial charge on any atom is -0.299 e. The van der Waals surface area contributed by atoms with Gasteiger partial charge in [-0.15, -0.1) is 0 Å². The molecule has 2 heteroatoms. The topological polar surface area (TPSA) is 17.1 Å². The summed E-state index contributed by atoms with van der Waals surface area (Å²) >= 11 is 5.85. The molecule has 0 N–H and O–H groups in total. The fraction of sp³-hybridized carbons (Fsp3) is 0.316. The van der Waals surface area contributed by atoms with Crippen molar-refractivity contribution < 1.29 is 4.79 Å². The van der Waals surface area contributed by atoms with E-state index in [1.165, 1.54) is 5.56 Å². The number of hydrogen-bond acceptors (Lipinski definition) is 1. The quantitative estimate of drug-likeness (QED) is 0.777. The highest BCUT2D eigenvalue weighted by atomic mass is 35.5. The van der Waals surface area contributed by atoms with Gasteiger partial charge in [-0.05, 0) is 34.2 Å². The van der Waals surface area contributed by atoms with E-state index in [1.807, 2.05) is 36.4 Å². The van der Waals surface area contributed by atoms with Gasteiger partial charge in [0.2, 0.25) is 0 Å². The minimum absolute atomic E-state index is 0.106. The molecule has 21 heavy (non-hydrogen) atoms. The summed E-state index contributed by atoms with van der Waals surface area (Å²) in [7, 11) is 0. The summed E-state index contributed by atoms with van der Waals surface area (Å²) in [4.78, 5) is 12.2. The predicted molar refractivity (Wildman–Crippen MR) is 89.0 cm³/mol. The maximum absolute atomic E-state index is 12.2. The first-order valence-electron chi connectivity index (χ1n) is 7.20. The van der Waals surface area contributed by atoms with E-state index in [-0.39, 0.29) is 11.2 Å². The van der Waals surface area contributed by atoms with Crippen molar-refractivity contribution >= 4 is 17.4 Å². The molecule has 0 unspecified atom stereocenters. The number of rotatable bonds is 4.